The highest BCUT2D eigenvalue weighted by atomic mass is 32.2. The minimum Gasteiger partial charge on any atom is -0.506 e. The zero-order valence-corrected chi connectivity index (χ0v) is 9.90. The molecule has 0 unspecified atom stereocenters. The van der Waals surface area contributed by atoms with E-state index in [4.69, 9.17) is 0 Å². The highest BCUT2D eigenvalue weighted by Crippen LogP contribution is 2.21. The number of carbonyl (C=O) groups is 1. The number of para-hydroxylation sites is 2. The number of phenols is 1. The number of rotatable bonds is 5. The molecule has 0 radical (unpaired) electrons. The van der Waals surface area contributed by atoms with Gasteiger partial charge in [0.15, 0.2) is 9.84 Å². The van der Waals surface area contributed by atoms with Crippen LogP contribution in [-0.4, -0.2) is 30.9 Å². The van der Waals surface area contributed by atoms with Gasteiger partial charge in [-0.05, 0) is 12.1 Å². The van der Waals surface area contributed by atoms with Crippen molar-refractivity contribution in [3.8, 4) is 5.75 Å². The lowest BCUT2D eigenvalue weighted by Crippen LogP contribution is -2.24. The van der Waals surface area contributed by atoms with E-state index in [1.54, 1.807) is 12.1 Å². The van der Waals surface area contributed by atoms with Crippen LogP contribution in [0.2, 0.25) is 0 Å². The maximum Gasteiger partial charge on any atom is 0.239 e. The normalized spacial score (nSPS) is 10.8. The molecule has 1 rings (SSSR count). The molecule has 0 bridgehead atoms. The minimum atomic E-state index is -3.48. The molecule has 1 amide bonds. The van der Waals surface area contributed by atoms with Crippen LogP contribution in [0.15, 0.2) is 36.9 Å². The summed E-state index contributed by atoms with van der Waals surface area (Å²) in [5, 5.41) is 11.7. The molecule has 0 saturated heterocycles. The lowest BCUT2D eigenvalue weighted by molar-refractivity contribution is -0.113. The second kappa shape index (κ2) is 5.49. The van der Waals surface area contributed by atoms with Crippen LogP contribution in [0.1, 0.15) is 0 Å². The van der Waals surface area contributed by atoms with Crippen LogP contribution >= 0.6 is 0 Å². The Morgan fingerprint density at radius 2 is 2.06 bits per heavy atom. The Morgan fingerprint density at radius 1 is 1.41 bits per heavy atom. The molecule has 92 valence electrons. The lowest BCUT2D eigenvalue weighted by atomic mass is 10.3. The van der Waals surface area contributed by atoms with Gasteiger partial charge >= 0.3 is 0 Å². The van der Waals surface area contributed by atoms with Gasteiger partial charge in [0.2, 0.25) is 5.91 Å². The molecular weight excluding hydrogens is 242 g/mol. The fourth-order valence-electron chi connectivity index (χ4n) is 1.20. The van der Waals surface area contributed by atoms with Crippen LogP contribution < -0.4 is 5.32 Å². The molecule has 0 fully saturated rings. The molecule has 0 aliphatic carbocycles. The first-order valence-electron chi connectivity index (χ1n) is 4.84. The van der Waals surface area contributed by atoms with E-state index in [2.05, 4.69) is 11.9 Å². The predicted molar refractivity (Wildman–Crippen MR) is 65.6 cm³/mol. The third-order valence-corrected chi connectivity index (χ3v) is 3.35. The number of hydrogen-bond acceptors (Lipinski definition) is 4. The van der Waals surface area contributed by atoms with Crippen molar-refractivity contribution in [2.45, 2.75) is 0 Å². The monoisotopic (exact) mass is 255 g/mol. The number of hydrogen-bond donors (Lipinski definition) is 2. The lowest BCUT2D eigenvalue weighted by Gasteiger charge is -2.06. The molecule has 1 aromatic carbocycles. The number of anilines is 1. The highest BCUT2D eigenvalue weighted by molar-refractivity contribution is 7.92. The Morgan fingerprint density at radius 3 is 2.65 bits per heavy atom. The maximum atomic E-state index is 11.4. The molecular formula is C11H13NO4S. The van der Waals surface area contributed by atoms with Gasteiger partial charge in [0, 0.05) is 0 Å². The average Bonchev–Trinajstić information content (AvgIpc) is 2.20. The molecule has 17 heavy (non-hydrogen) atoms. The summed E-state index contributed by atoms with van der Waals surface area (Å²) in [6.07, 6.45) is 1.22. The summed E-state index contributed by atoms with van der Waals surface area (Å²) in [6, 6.07) is 6.09. The van der Waals surface area contributed by atoms with Crippen molar-refractivity contribution in [1.82, 2.24) is 0 Å². The Hall–Kier alpha value is -1.82. The quantitative estimate of drug-likeness (QED) is 0.605. The van der Waals surface area contributed by atoms with Gasteiger partial charge in [0.25, 0.3) is 0 Å². The molecule has 2 N–H and O–H groups in total. The summed E-state index contributed by atoms with van der Waals surface area (Å²) >= 11 is 0. The van der Waals surface area contributed by atoms with E-state index in [0.717, 1.165) is 0 Å². The number of carbonyl (C=O) groups excluding carboxylic acids is 1. The van der Waals surface area contributed by atoms with Gasteiger partial charge in [-0.3, -0.25) is 4.79 Å². The van der Waals surface area contributed by atoms with Crippen LogP contribution in [0, 0.1) is 0 Å². The molecule has 5 nitrogen and oxygen atoms in total. The van der Waals surface area contributed by atoms with Gasteiger partial charge in [-0.1, -0.05) is 18.2 Å². The van der Waals surface area contributed by atoms with E-state index in [-0.39, 0.29) is 17.2 Å². The molecule has 0 aliphatic rings. The molecule has 0 atom stereocenters. The van der Waals surface area contributed by atoms with Crippen LogP contribution in [0.5, 0.6) is 5.75 Å². The van der Waals surface area contributed by atoms with Gasteiger partial charge in [-0.25, -0.2) is 8.42 Å². The summed E-state index contributed by atoms with van der Waals surface area (Å²) in [4.78, 5) is 11.4. The predicted octanol–water partition coefficient (Wildman–Crippen LogP) is 0.931. The Kier molecular flexibility index (Phi) is 4.28. The largest absolute Gasteiger partial charge is 0.506 e. The number of aromatic hydroxyl groups is 1. The van der Waals surface area contributed by atoms with Gasteiger partial charge < -0.3 is 10.4 Å². The number of sulfone groups is 1. The van der Waals surface area contributed by atoms with E-state index >= 15 is 0 Å². The Bertz CT molecular complexity index is 522. The van der Waals surface area contributed by atoms with Crippen LogP contribution in [-0.2, 0) is 14.6 Å². The maximum absolute atomic E-state index is 11.4. The third kappa shape index (κ3) is 4.28. The van der Waals surface area contributed by atoms with Gasteiger partial charge in [-0.15, -0.1) is 6.58 Å². The molecule has 0 aromatic heterocycles. The van der Waals surface area contributed by atoms with Crippen LogP contribution in [0.25, 0.3) is 0 Å². The fourth-order valence-corrected chi connectivity index (χ4v) is 2.15. The summed E-state index contributed by atoms with van der Waals surface area (Å²) in [6.45, 7) is 3.30. The second-order valence-corrected chi connectivity index (χ2v) is 5.52. The zero-order chi connectivity index (χ0) is 12.9. The molecule has 0 saturated carbocycles. The summed E-state index contributed by atoms with van der Waals surface area (Å²) in [7, 11) is -3.48. The average molecular weight is 255 g/mol. The van der Waals surface area contributed by atoms with E-state index in [0.29, 0.717) is 0 Å². The Balaban J connectivity index is 2.69. The number of nitrogens with one attached hydrogen (secondary N) is 1. The van der Waals surface area contributed by atoms with Crippen molar-refractivity contribution in [2.24, 2.45) is 0 Å². The van der Waals surface area contributed by atoms with Gasteiger partial charge in [0.05, 0.1) is 11.4 Å². The topological polar surface area (TPSA) is 83.5 Å². The zero-order valence-electron chi connectivity index (χ0n) is 9.09. The highest BCUT2D eigenvalue weighted by Gasteiger charge is 2.15. The van der Waals surface area contributed by atoms with Crippen molar-refractivity contribution in [1.29, 1.82) is 0 Å². The molecule has 6 heteroatoms. The van der Waals surface area contributed by atoms with Crippen molar-refractivity contribution in [2.75, 3.05) is 16.8 Å². The first kappa shape index (κ1) is 13.2. The number of benzene rings is 1. The van der Waals surface area contributed by atoms with Crippen molar-refractivity contribution in [3.05, 3.63) is 36.9 Å². The number of phenolic OH excluding ortho intramolecular Hbond substituents is 1. The molecule has 1 aromatic rings. The first-order valence-corrected chi connectivity index (χ1v) is 6.66. The van der Waals surface area contributed by atoms with Gasteiger partial charge in [-0.2, -0.15) is 0 Å². The minimum absolute atomic E-state index is 0.109. The summed E-state index contributed by atoms with van der Waals surface area (Å²) < 4.78 is 22.6. The summed E-state index contributed by atoms with van der Waals surface area (Å²) in [5.41, 5.74) is 0.186. The molecule has 0 aliphatic heterocycles. The summed E-state index contributed by atoms with van der Waals surface area (Å²) in [5.74, 6) is -1.68. The van der Waals surface area contributed by atoms with Crippen molar-refractivity contribution >= 4 is 21.4 Å². The van der Waals surface area contributed by atoms with E-state index < -0.39 is 21.5 Å². The Labute approximate surface area is 99.7 Å². The molecule has 0 spiro atoms. The van der Waals surface area contributed by atoms with E-state index in [9.17, 15) is 18.3 Å². The van der Waals surface area contributed by atoms with E-state index in [1.807, 2.05) is 0 Å². The van der Waals surface area contributed by atoms with Crippen molar-refractivity contribution < 1.29 is 18.3 Å². The standard InChI is InChI=1S/C11H13NO4S/c1-2-7-17(15,16)8-11(14)12-9-5-3-4-6-10(9)13/h2-6,13H,1,7-8H2,(H,12,14). The third-order valence-electron chi connectivity index (χ3n) is 1.90. The number of amides is 1. The van der Waals surface area contributed by atoms with Crippen molar-refractivity contribution in [3.63, 3.8) is 0 Å². The first-order chi connectivity index (χ1) is 7.94. The molecule has 0 heterocycles. The van der Waals surface area contributed by atoms with Crippen LogP contribution in [0.4, 0.5) is 5.69 Å². The SMILES string of the molecule is C=CCS(=O)(=O)CC(=O)Nc1ccccc1O. The van der Waals surface area contributed by atoms with Crippen LogP contribution in [0.3, 0.4) is 0 Å². The second-order valence-electron chi connectivity index (χ2n) is 3.41. The van der Waals surface area contributed by atoms with Gasteiger partial charge in [0.1, 0.15) is 11.5 Å². The van der Waals surface area contributed by atoms with E-state index in [1.165, 1.54) is 18.2 Å². The fraction of sp³-hybridized carbons (Fsp3) is 0.182. The smallest absolute Gasteiger partial charge is 0.239 e.